The molecule has 0 amide bonds. The van der Waals surface area contributed by atoms with E-state index in [2.05, 4.69) is 21.2 Å². The Bertz CT molecular complexity index is 601. The molecule has 0 saturated carbocycles. The van der Waals surface area contributed by atoms with Gasteiger partial charge in [-0.25, -0.2) is 8.78 Å². The third kappa shape index (κ3) is 3.44. The Hall–Kier alpha value is -1.26. The van der Waals surface area contributed by atoms with Crippen LogP contribution < -0.4 is 5.32 Å². The first-order chi connectivity index (χ1) is 9.49. The normalized spacial score (nSPS) is 14.1. The summed E-state index contributed by atoms with van der Waals surface area (Å²) in [6, 6.07) is 11.9. The van der Waals surface area contributed by atoms with Crippen molar-refractivity contribution in [3.05, 3.63) is 69.7 Å². The fourth-order valence-corrected chi connectivity index (χ4v) is 2.80. The Morgan fingerprint density at radius 2 is 1.65 bits per heavy atom. The maximum absolute atomic E-state index is 13.3. The molecule has 0 radical (unpaired) electrons. The van der Waals surface area contributed by atoms with Crippen molar-refractivity contribution in [3.63, 3.8) is 0 Å². The van der Waals surface area contributed by atoms with Crippen LogP contribution in [-0.2, 0) is 0 Å². The molecule has 0 saturated heterocycles. The molecule has 1 nitrogen and oxygen atoms in total. The topological polar surface area (TPSA) is 12.0 Å². The summed E-state index contributed by atoms with van der Waals surface area (Å²) in [5.41, 5.74) is 1.85. The minimum atomic E-state index is -0.820. The third-order valence-electron chi connectivity index (χ3n) is 3.32. The molecule has 0 heterocycles. The van der Waals surface area contributed by atoms with Crippen LogP contribution in [0.15, 0.2) is 46.9 Å². The van der Waals surface area contributed by atoms with E-state index in [1.807, 2.05) is 38.1 Å². The Labute approximate surface area is 126 Å². The summed E-state index contributed by atoms with van der Waals surface area (Å²) < 4.78 is 27.2. The zero-order valence-electron chi connectivity index (χ0n) is 11.3. The molecule has 2 atom stereocenters. The Morgan fingerprint density at radius 1 is 0.950 bits per heavy atom. The SMILES string of the molecule is CC(N[C@H](C)c1ccccc1Br)c1ccc(F)c(F)c1. The van der Waals surface area contributed by atoms with Crippen LogP contribution in [0.5, 0.6) is 0 Å². The molecule has 4 heteroatoms. The zero-order valence-corrected chi connectivity index (χ0v) is 12.9. The lowest BCUT2D eigenvalue weighted by Crippen LogP contribution is -2.23. The molecular weight excluding hydrogens is 324 g/mol. The van der Waals surface area contributed by atoms with E-state index < -0.39 is 11.6 Å². The highest BCUT2D eigenvalue weighted by Gasteiger charge is 2.14. The summed E-state index contributed by atoms with van der Waals surface area (Å²) in [7, 11) is 0. The van der Waals surface area contributed by atoms with Crippen LogP contribution in [0.25, 0.3) is 0 Å². The Balaban J connectivity index is 2.13. The van der Waals surface area contributed by atoms with E-state index in [0.717, 1.165) is 21.7 Å². The van der Waals surface area contributed by atoms with Gasteiger partial charge in [0.1, 0.15) is 0 Å². The molecule has 0 aliphatic heterocycles. The van der Waals surface area contributed by atoms with Crippen LogP contribution in [0.4, 0.5) is 8.78 Å². The van der Waals surface area contributed by atoms with Crippen molar-refractivity contribution in [2.75, 3.05) is 0 Å². The first kappa shape index (κ1) is 15.1. The predicted molar refractivity (Wildman–Crippen MR) is 80.5 cm³/mol. The molecule has 1 unspecified atom stereocenters. The van der Waals surface area contributed by atoms with Crippen LogP contribution in [0.2, 0.25) is 0 Å². The summed E-state index contributed by atoms with van der Waals surface area (Å²) in [4.78, 5) is 0. The first-order valence-corrected chi connectivity index (χ1v) is 7.23. The minimum Gasteiger partial charge on any atom is -0.304 e. The van der Waals surface area contributed by atoms with Crippen molar-refractivity contribution in [3.8, 4) is 0 Å². The summed E-state index contributed by atoms with van der Waals surface area (Å²) in [5.74, 6) is -1.63. The van der Waals surface area contributed by atoms with Crippen LogP contribution in [-0.4, -0.2) is 0 Å². The van der Waals surface area contributed by atoms with Crippen molar-refractivity contribution >= 4 is 15.9 Å². The van der Waals surface area contributed by atoms with Gasteiger partial charge in [0.25, 0.3) is 0 Å². The molecule has 0 aliphatic rings. The van der Waals surface area contributed by atoms with Gasteiger partial charge in [-0.3, -0.25) is 0 Å². The number of benzene rings is 2. The molecule has 0 aliphatic carbocycles. The quantitative estimate of drug-likeness (QED) is 0.813. The number of rotatable bonds is 4. The van der Waals surface area contributed by atoms with Crippen LogP contribution in [0.1, 0.15) is 37.1 Å². The number of halogens is 3. The van der Waals surface area contributed by atoms with Crippen molar-refractivity contribution in [2.24, 2.45) is 0 Å². The van der Waals surface area contributed by atoms with E-state index in [0.29, 0.717) is 0 Å². The molecule has 0 aromatic heterocycles. The second-order valence-corrected chi connectivity index (χ2v) is 5.66. The van der Waals surface area contributed by atoms with E-state index in [1.54, 1.807) is 6.07 Å². The van der Waals surface area contributed by atoms with Gasteiger partial charge >= 0.3 is 0 Å². The van der Waals surface area contributed by atoms with Gasteiger partial charge in [-0.05, 0) is 43.2 Å². The molecule has 0 fully saturated rings. The fraction of sp³-hybridized carbons (Fsp3) is 0.250. The lowest BCUT2D eigenvalue weighted by atomic mass is 10.0. The average molecular weight is 340 g/mol. The minimum absolute atomic E-state index is 0.0767. The Kier molecular flexibility index (Phi) is 4.89. The smallest absolute Gasteiger partial charge is 0.159 e. The van der Waals surface area contributed by atoms with Gasteiger partial charge in [-0.2, -0.15) is 0 Å². The lowest BCUT2D eigenvalue weighted by Gasteiger charge is -2.21. The lowest BCUT2D eigenvalue weighted by molar-refractivity contribution is 0.479. The van der Waals surface area contributed by atoms with Crippen LogP contribution in [0, 0.1) is 11.6 Å². The second kappa shape index (κ2) is 6.46. The molecular formula is C16H16BrF2N. The van der Waals surface area contributed by atoms with Crippen LogP contribution in [0.3, 0.4) is 0 Å². The number of hydrogen-bond donors (Lipinski definition) is 1. The van der Waals surface area contributed by atoms with Gasteiger partial charge in [-0.1, -0.05) is 40.2 Å². The summed E-state index contributed by atoms with van der Waals surface area (Å²) in [6.45, 7) is 3.97. The van der Waals surface area contributed by atoms with Crippen LogP contribution >= 0.6 is 15.9 Å². The van der Waals surface area contributed by atoms with Gasteiger partial charge < -0.3 is 5.32 Å². The zero-order chi connectivity index (χ0) is 14.7. The monoisotopic (exact) mass is 339 g/mol. The van der Waals surface area contributed by atoms with E-state index in [9.17, 15) is 8.78 Å². The molecule has 2 rings (SSSR count). The molecule has 2 aromatic rings. The van der Waals surface area contributed by atoms with E-state index >= 15 is 0 Å². The summed E-state index contributed by atoms with van der Waals surface area (Å²) in [5, 5.41) is 3.38. The highest BCUT2D eigenvalue weighted by Crippen LogP contribution is 2.25. The molecule has 0 bridgehead atoms. The predicted octanol–water partition coefficient (Wildman–Crippen LogP) is 5.14. The first-order valence-electron chi connectivity index (χ1n) is 6.44. The van der Waals surface area contributed by atoms with Gasteiger partial charge in [0, 0.05) is 16.6 Å². The highest BCUT2D eigenvalue weighted by atomic mass is 79.9. The summed E-state index contributed by atoms with van der Waals surface area (Å²) in [6.07, 6.45) is 0. The maximum atomic E-state index is 13.3. The fourth-order valence-electron chi connectivity index (χ4n) is 2.17. The Morgan fingerprint density at radius 3 is 2.30 bits per heavy atom. The largest absolute Gasteiger partial charge is 0.304 e. The second-order valence-electron chi connectivity index (χ2n) is 4.81. The van der Waals surface area contributed by atoms with Gasteiger partial charge in [0.15, 0.2) is 11.6 Å². The third-order valence-corrected chi connectivity index (χ3v) is 4.04. The van der Waals surface area contributed by atoms with E-state index in [1.165, 1.54) is 6.07 Å². The molecule has 0 spiro atoms. The summed E-state index contributed by atoms with van der Waals surface area (Å²) >= 11 is 3.51. The van der Waals surface area contributed by atoms with Crippen molar-refractivity contribution in [2.45, 2.75) is 25.9 Å². The molecule has 1 N–H and O–H groups in total. The molecule has 106 valence electrons. The van der Waals surface area contributed by atoms with Gasteiger partial charge in [-0.15, -0.1) is 0 Å². The van der Waals surface area contributed by atoms with Gasteiger partial charge in [0.05, 0.1) is 0 Å². The van der Waals surface area contributed by atoms with Crippen molar-refractivity contribution in [1.29, 1.82) is 0 Å². The molecule has 20 heavy (non-hydrogen) atoms. The highest BCUT2D eigenvalue weighted by molar-refractivity contribution is 9.10. The van der Waals surface area contributed by atoms with Gasteiger partial charge in [0.2, 0.25) is 0 Å². The van der Waals surface area contributed by atoms with Crippen molar-refractivity contribution < 1.29 is 8.78 Å². The standard InChI is InChI=1S/C16H16BrF2N/c1-10(12-7-8-15(18)16(19)9-12)20-11(2)13-5-3-4-6-14(13)17/h3-11,20H,1-2H3/t10?,11-/m1/s1. The molecule has 2 aromatic carbocycles. The van der Waals surface area contributed by atoms with E-state index in [4.69, 9.17) is 0 Å². The number of nitrogens with one attached hydrogen (secondary N) is 1. The van der Waals surface area contributed by atoms with E-state index in [-0.39, 0.29) is 12.1 Å². The number of hydrogen-bond acceptors (Lipinski definition) is 1. The van der Waals surface area contributed by atoms with Crippen molar-refractivity contribution in [1.82, 2.24) is 5.32 Å². The average Bonchev–Trinajstić information content (AvgIpc) is 2.42. The maximum Gasteiger partial charge on any atom is 0.159 e.